The summed E-state index contributed by atoms with van der Waals surface area (Å²) in [6.07, 6.45) is 1.95. The number of furan rings is 1. The SMILES string of the molecule is CCCS(=O)(=O)N1CCCC(C(=O)Nc2nc(-c3cc(C)oc3C)cs2)C1. The third kappa shape index (κ3) is 4.59. The van der Waals surface area contributed by atoms with Crippen LogP contribution in [0.1, 0.15) is 37.7 Å². The lowest BCUT2D eigenvalue weighted by Crippen LogP contribution is -2.44. The average molecular weight is 412 g/mol. The van der Waals surface area contributed by atoms with Crippen molar-refractivity contribution < 1.29 is 17.6 Å². The minimum absolute atomic E-state index is 0.126. The van der Waals surface area contributed by atoms with Gasteiger partial charge in [-0.1, -0.05) is 6.92 Å². The van der Waals surface area contributed by atoms with Gasteiger partial charge in [0, 0.05) is 24.0 Å². The number of amides is 1. The average Bonchev–Trinajstić information content (AvgIpc) is 3.20. The van der Waals surface area contributed by atoms with E-state index >= 15 is 0 Å². The topological polar surface area (TPSA) is 92.5 Å². The number of aryl methyl sites for hydroxylation is 2. The Kier molecular flexibility index (Phi) is 6.02. The van der Waals surface area contributed by atoms with Gasteiger partial charge >= 0.3 is 0 Å². The van der Waals surface area contributed by atoms with Crippen molar-refractivity contribution in [3.63, 3.8) is 0 Å². The van der Waals surface area contributed by atoms with Crippen molar-refractivity contribution in [1.82, 2.24) is 9.29 Å². The summed E-state index contributed by atoms with van der Waals surface area (Å²) >= 11 is 1.35. The van der Waals surface area contributed by atoms with E-state index in [4.69, 9.17) is 4.42 Å². The van der Waals surface area contributed by atoms with Crippen molar-refractivity contribution in [2.45, 2.75) is 40.0 Å². The Morgan fingerprint density at radius 2 is 2.22 bits per heavy atom. The third-order valence-electron chi connectivity index (χ3n) is 4.66. The number of nitrogens with one attached hydrogen (secondary N) is 1. The Balaban J connectivity index is 1.66. The third-order valence-corrected chi connectivity index (χ3v) is 7.46. The number of rotatable bonds is 6. The van der Waals surface area contributed by atoms with Gasteiger partial charge in [0.25, 0.3) is 0 Å². The molecule has 1 aliphatic rings. The standard InChI is InChI=1S/C18H25N3O4S2/c1-4-8-27(23,24)21-7-5-6-14(10-21)17(22)20-18-19-16(11-26-18)15-9-12(2)25-13(15)3/h9,11,14H,4-8,10H2,1-3H3,(H,19,20,22). The zero-order chi connectivity index (χ0) is 19.6. The van der Waals surface area contributed by atoms with Gasteiger partial charge in [-0.25, -0.2) is 17.7 Å². The van der Waals surface area contributed by atoms with E-state index in [1.54, 1.807) is 0 Å². The first-order valence-corrected chi connectivity index (χ1v) is 11.6. The lowest BCUT2D eigenvalue weighted by molar-refractivity contribution is -0.120. The van der Waals surface area contributed by atoms with Crippen LogP contribution in [0.15, 0.2) is 15.9 Å². The van der Waals surface area contributed by atoms with E-state index < -0.39 is 10.0 Å². The fourth-order valence-electron chi connectivity index (χ4n) is 3.34. The Morgan fingerprint density at radius 1 is 1.44 bits per heavy atom. The minimum Gasteiger partial charge on any atom is -0.466 e. The Bertz CT molecular complexity index is 917. The highest BCUT2D eigenvalue weighted by molar-refractivity contribution is 7.89. The summed E-state index contributed by atoms with van der Waals surface area (Å²) in [6.45, 7) is 6.34. The van der Waals surface area contributed by atoms with Crippen LogP contribution in [0.25, 0.3) is 11.3 Å². The van der Waals surface area contributed by atoms with E-state index in [0.717, 1.165) is 22.8 Å². The van der Waals surface area contributed by atoms with E-state index in [0.29, 0.717) is 30.9 Å². The molecule has 3 heterocycles. The molecule has 1 fully saturated rings. The number of carbonyl (C=O) groups is 1. The maximum Gasteiger partial charge on any atom is 0.230 e. The molecule has 0 aromatic carbocycles. The van der Waals surface area contributed by atoms with Crippen LogP contribution in [0.5, 0.6) is 0 Å². The summed E-state index contributed by atoms with van der Waals surface area (Å²) in [4.78, 5) is 17.1. The summed E-state index contributed by atoms with van der Waals surface area (Å²) in [7, 11) is -3.28. The summed E-state index contributed by atoms with van der Waals surface area (Å²) in [5.41, 5.74) is 1.68. The van der Waals surface area contributed by atoms with Gasteiger partial charge in [-0.15, -0.1) is 11.3 Å². The van der Waals surface area contributed by atoms with Crippen molar-refractivity contribution in [3.05, 3.63) is 23.0 Å². The molecule has 3 rings (SSSR count). The van der Waals surface area contributed by atoms with Crippen LogP contribution in [0.4, 0.5) is 5.13 Å². The molecule has 1 atom stereocenters. The number of anilines is 1. The zero-order valence-corrected chi connectivity index (χ0v) is 17.5. The van der Waals surface area contributed by atoms with Crippen molar-refractivity contribution >= 4 is 32.4 Å². The van der Waals surface area contributed by atoms with Gasteiger partial charge in [-0.2, -0.15) is 0 Å². The molecule has 1 amide bonds. The number of hydrogen-bond donors (Lipinski definition) is 1. The van der Waals surface area contributed by atoms with E-state index in [9.17, 15) is 13.2 Å². The first kappa shape index (κ1) is 20.0. The molecule has 9 heteroatoms. The lowest BCUT2D eigenvalue weighted by atomic mass is 9.99. The summed E-state index contributed by atoms with van der Waals surface area (Å²) < 4.78 is 31.5. The molecule has 1 aliphatic heterocycles. The molecule has 2 aromatic heterocycles. The van der Waals surface area contributed by atoms with E-state index in [1.807, 2.05) is 32.2 Å². The molecular weight excluding hydrogens is 386 g/mol. The highest BCUT2D eigenvalue weighted by atomic mass is 32.2. The monoisotopic (exact) mass is 411 g/mol. The van der Waals surface area contributed by atoms with Crippen LogP contribution < -0.4 is 5.32 Å². The van der Waals surface area contributed by atoms with Gasteiger partial charge < -0.3 is 9.73 Å². The molecule has 1 N–H and O–H groups in total. The second kappa shape index (κ2) is 8.12. The second-order valence-corrected chi connectivity index (χ2v) is 9.81. The molecule has 0 radical (unpaired) electrons. The van der Waals surface area contributed by atoms with Crippen LogP contribution in [0.3, 0.4) is 0 Å². The fraction of sp³-hybridized carbons (Fsp3) is 0.556. The zero-order valence-electron chi connectivity index (χ0n) is 15.8. The molecule has 0 saturated carbocycles. The first-order chi connectivity index (χ1) is 12.8. The van der Waals surface area contributed by atoms with Gasteiger partial charge in [0.2, 0.25) is 15.9 Å². The van der Waals surface area contributed by atoms with Crippen LogP contribution in [0, 0.1) is 19.8 Å². The normalized spacial score (nSPS) is 18.6. The van der Waals surface area contributed by atoms with Crippen LogP contribution in [0.2, 0.25) is 0 Å². The van der Waals surface area contributed by atoms with Gasteiger partial charge in [0.15, 0.2) is 5.13 Å². The number of sulfonamides is 1. The predicted molar refractivity (Wildman–Crippen MR) is 106 cm³/mol. The van der Waals surface area contributed by atoms with Crippen LogP contribution in [-0.2, 0) is 14.8 Å². The van der Waals surface area contributed by atoms with E-state index in [2.05, 4.69) is 10.3 Å². The summed E-state index contributed by atoms with van der Waals surface area (Å²) in [5, 5.41) is 5.24. The molecule has 0 spiro atoms. The van der Waals surface area contributed by atoms with Crippen LogP contribution in [-0.4, -0.2) is 42.5 Å². The molecule has 0 aliphatic carbocycles. The van der Waals surface area contributed by atoms with Gasteiger partial charge in [-0.3, -0.25) is 4.79 Å². The predicted octanol–water partition coefficient (Wildman–Crippen LogP) is 3.41. The molecule has 27 heavy (non-hydrogen) atoms. The molecule has 1 unspecified atom stereocenters. The number of thiazole rings is 1. The number of hydrogen-bond acceptors (Lipinski definition) is 6. The Morgan fingerprint density at radius 3 is 2.89 bits per heavy atom. The second-order valence-electron chi connectivity index (χ2n) is 6.87. The smallest absolute Gasteiger partial charge is 0.230 e. The number of aromatic nitrogens is 1. The van der Waals surface area contributed by atoms with Crippen molar-refractivity contribution in [1.29, 1.82) is 0 Å². The lowest BCUT2D eigenvalue weighted by Gasteiger charge is -2.30. The summed E-state index contributed by atoms with van der Waals surface area (Å²) in [5.74, 6) is 1.21. The molecule has 7 nitrogen and oxygen atoms in total. The summed E-state index contributed by atoms with van der Waals surface area (Å²) in [6, 6.07) is 1.92. The highest BCUT2D eigenvalue weighted by Crippen LogP contribution is 2.30. The fourth-order valence-corrected chi connectivity index (χ4v) is 5.65. The quantitative estimate of drug-likeness (QED) is 0.786. The molecule has 148 valence electrons. The van der Waals surface area contributed by atoms with Gasteiger partial charge in [0.1, 0.15) is 11.5 Å². The molecular formula is C18H25N3O4S2. The van der Waals surface area contributed by atoms with Gasteiger partial charge in [-0.05, 0) is 39.2 Å². The number of nitrogens with zero attached hydrogens (tertiary/aromatic N) is 2. The van der Waals surface area contributed by atoms with Crippen molar-refractivity contribution in [2.75, 3.05) is 24.2 Å². The molecule has 1 saturated heterocycles. The number of piperidine rings is 1. The number of carbonyl (C=O) groups excluding carboxylic acids is 1. The maximum atomic E-state index is 12.6. The Labute approximate surface area is 163 Å². The van der Waals surface area contributed by atoms with E-state index in [1.165, 1.54) is 15.6 Å². The first-order valence-electron chi connectivity index (χ1n) is 9.11. The Hall–Kier alpha value is -1.71. The largest absolute Gasteiger partial charge is 0.466 e. The molecule has 2 aromatic rings. The maximum absolute atomic E-state index is 12.6. The van der Waals surface area contributed by atoms with Gasteiger partial charge in [0.05, 0.1) is 17.4 Å². The molecule has 0 bridgehead atoms. The van der Waals surface area contributed by atoms with E-state index in [-0.39, 0.29) is 24.1 Å². The van der Waals surface area contributed by atoms with Crippen molar-refractivity contribution in [3.8, 4) is 11.3 Å². The van der Waals surface area contributed by atoms with Crippen LogP contribution >= 0.6 is 11.3 Å². The minimum atomic E-state index is -3.28. The van der Waals surface area contributed by atoms with Crippen molar-refractivity contribution in [2.24, 2.45) is 5.92 Å². The highest BCUT2D eigenvalue weighted by Gasteiger charge is 2.32.